The van der Waals surface area contributed by atoms with Crippen LogP contribution in [0.15, 0.2) is 47.4 Å². The molecule has 2 amide bonds. The molecule has 0 heterocycles. The van der Waals surface area contributed by atoms with E-state index in [0.29, 0.717) is 11.6 Å². The number of amides is 2. The SMILES string of the molecule is C[C@H](NS(=O)(=O)c1cccc(NC(=O)CCNC(=O)c2ccc(C(=N)N)cc2)c1C(F)(F)F)C(=O)O. The van der Waals surface area contributed by atoms with Crippen molar-refractivity contribution in [2.45, 2.75) is 30.5 Å². The second kappa shape index (κ2) is 11.2. The van der Waals surface area contributed by atoms with E-state index in [1.807, 2.05) is 5.32 Å². The molecule has 15 heteroatoms. The summed E-state index contributed by atoms with van der Waals surface area (Å²) in [4.78, 5) is 34.1. The Morgan fingerprint density at radius 1 is 1.08 bits per heavy atom. The molecule has 2 aromatic carbocycles. The zero-order valence-corrected chi connectivity index (χ0v) is 19.5. The molecular formula is C21H22F3N5O6S. The number of nitrogen functional groups attached to an aromatic ring is 1. The number of carbonyl (C=O) groups excluding carboxylic acids is 2. The summed E-state index contributed by atoms with van der Waals surface area (Å²) >= 11 is 0. The average Bonchev–Trinajstić information content (AvgIpc) is 2.77. The summed E-state index contributed by atoms with van der Waals surface area (Å²) in [5, 5.41) is 20.6. The summed E-state index contributed by atoms with van der Waals surface area (Å²) in [6.45, 7) is 0.681. The van der Waals surface area contributed by atoms with Crippen LogP contribution in [-0.2, 0) is 25.8 Å². The molecule has 0 radical (unpaired) electrons. The normalized spacial score (nSPS) is 12.4. The predicted molar refractivity (Wildman–Crippen MR) is 122 cm³/mol. The zero-order chi connectivity index (χ0) is 27.3. The summed E-state index contributed by atoms with van der Waals surface area (Å²) in [6, 6.07) is 6.39. The minimum Gasteiger partial charge on any atom is -0.480 e. The van der Waals surface area contributed by atoms with Crippen LogP contribution < -0.4 is 21.1 Å². The maximum atomic E-state index is 13.8. The molecule has 2 aromatic rings. The zero-order valence-electron chi connectivity index (χ0n) is 18.6. The number of carboxylic acids is 1. The number of aliphatic carboxylic acids is 1. The van der Waals surface area contributed by atoms with E-state index in [1.165, 1.54) is 24.3 Å². The van der Waals surface area contributed by atoms with Crippen molar-refractivity contribution in [3.8, 4) is 0 Å². The molecule has 0 spiro atoms. The third-order valence-electron chi connectivity index (χ3n) is 4.67. The van der Waals surface area contributed by atoms with Crippen LogP contribution in [0.25, 0.3) is 0 Å². The van der Waals surface area contributed by atoms with Crippen molar-refractivity contribution in [2.75, 3.05) is 11.9 Å². The molecule has 0 aliphatic rings. The van der Waals surface area contributed by atoms with Gasteiger partial charge in [0.2, 0.25) is 15.9 Å². The fraction of sp³-hybridized carbons (Fsp3) is 0.238. The highest BCUT2D eigenvalue weighted by Gasteiger charge is 2.40. The van der Waals surface area contributed by atoms with E-state index in [2.05, 4.69) is 5.32 Å². The fourth-order valence-corrected chi connectivity index (χ4v) is 4.35. The van der Waals surface area contributed by atoms with Crippen LogP contribution in [0.1, 0.15) is 34.8 Å². The van der Waals surface area contributed by atoms with Crippen LogP contribution in [-0.4, -0.2) is 49.7 Å². The number of halogens is 3. The number of benzene rings is 2. The molecule has 7 N–H and O–H groups in total. The number of hydrogen-bond acceptors (Lipinski definition) is 6. The van der Waals surface area contributed by atoms with E-state index in [-0.39, 0.29) is 17.9 Å². The summed E-state index contributed by atoms with van der Waals surface area (Å²) in [7, 11) is -4.92. The van der Waals surface area contributed by atoms with Gasteiger partial charge in [0.1, 0.15) is 11.9 Å². The monoisotopic (exact) mass is 529 g/mol. The average molecular weight is 529 g/mol. The topological polar surface area (TPSA) is 192 Å². The lowest BCUT2D eigenvalue weighted by Gasteiger charge is -2.19. The molecule has 36 heavy (non-hydrogen) atoms. The fourth-order valence-electron chi connectivity index (χ4n) is 2.90. The number of hydrogen-bond donors (Lipinski definition) is 6. The highest BCUT2D eigenvalue weighted by molar-refractivity contribution is 7.89. The second-order valence-corrected chi connectivity index (χ2v) is 9.09. The molecular weight excluding hydrogens is 507 g/mol. The van der Waals surface area contributed by atoms with Crippen LogP contribution in [0.5, 0.6) is 0 Å². The van der Waals surface area contributed by atoms with Crippen LogP contribution >= 0.6 is 0 Å². The molecule has 0 unspecified atom stereocenters. The van der Waals surface area contributed by atoms with E-state index in [0.717, 1.165) is 19.1 Å². The lowest BCUT2D eigenvalue weighted by Crippen LogP contribution is -2.39. The van der Waals surface area contributed by atoms with Crippen LogP contribution in [0.3, 0.4) is 0 Å². The number of carbonyl (C=O) groups is 3. The Morgan fingerprint density at radius 3 is 2.19 bits per heavy atom. The number of nitrogens with two attached hydrogens (primary N) is 1. The Hall–Kier alpha value is -3.98. The predicted octanol–water partition coefficient (Wildman–Crippen LogP) is 1.50. The van der Waals surface area contributed by atoms with Gasteiger partial charge < -0.3 is 21.5 Å². The summed E-state index contributed by atoms with van der Waals surface area (Å²) in [5.74, 6) is -3.33. The Kier molecular flexibility index (Phi) is 8.77. The second-order valence-electron chi connectivity index (χ2n) is 7.40. The van der Waals surface area contributed by atoms with Gasteiger partial charge in [-0.05, 0) is 31.2 Å². The maximum absolute atomic E-state index is 13.8. The molecule has 0 fully saturated rings. The summed E-state index contributed by atoms with van der Waals surface area (Å²) in [5.41, 5.74) is 3.38. The van der Waals surface area contributed by atoms with Gasteiger partial charge in [0.25, 0.3) is 5.91 Å². The number of carboxylic acid groups (broad SMARTS) is 1. The third kappa shape index (κ3) is 7.26. The van der Waals surface area contributed by atoms with Crippen molar-refractivity contribution in [2.24, 2.45) is 5.73 Å². The van der Waals surface area contributed by atoms with Gasteiger partial charge in [-0.2, -0.15) is 17.9 Å². The molecule has 0 saturated heterocycles. The van der Waals surface area contributed by atoms with Gasteiger partial charge >= 0.3 is 12.1 Å². The van der Waals surface area contributed by atoms with Gasteiger partial charge in [0, 0.05) is 24.1 Å². The van der Waals surface area contributed by atoms with Gasteiger partial charge in [-0.3, -0.25) is 19.8 Å². The first kappa shape index (κ1) is 28.3. The van der Waals surface area contributed by atoms with E-state index in [9.17, 15) is 36.0 Å². The number of amidine groups is 1. The van der Waals surface area contributed by atoms with Crippen LogP contribution in [0.4, 0.5) is 18.9 Å². The lowest BCUT2D eigenvalue weighted by atomic mass is 10.1. The molecule has 0 aliphatic carbocycles. The van der Waals surface area contributed by atoms with Gasteiger partial charge in [-0.25, -0.2) is 8.42 Å². The van der Waals surface area contributed by atoms with Crippen molar-refractivity contribution in [1.29, 1.82) is 5.41 Å². The first-order valence-electron chi connectivity index (χ1n) is 10.1. The summed E-state index contributed by atoms with van der Waals surface area (Å²) in [6.07, 6.45) is -5.67. The quantitative estimate of drug-likeness (QED) is 0.198. The van der Waals surface area contributed by atoms with E-state index in [1.54, 1.807) is 4.72 Å². The van der Waals surface area contributed by atoms with Gasteiger partial charge in [0.15, 0.2) is 0 Å². The van der Waals surface area contributed by atoms with Crippen molar-refractivity contribution in [3.05, 3.63) is 59.2 Å². The molecule has 0 aromatic heterocycles. The van der Waals surface area contributed by atoms with Crippen molar-refractivity contribution in [3.63, 3.8) is 0 Å². The standard InChI is InChI=1S/C21H22F3N5O6S/c1-11(20(32)33)29-36(34,35)15-4-2-3-14(17(15)21(22,23)24)28-16(30)9-10-27-19(31)13-7-5-12(6-8-13)18(25)26/h2-8,11,29H,9-10H2,1H3,(H3,25,26)(H,27,31)(H,28,30)(H,32,33)/t11-/m0/s1. The largest absolute Gasteiger partial charge is 0.480 e. The molecule has 1 atom stereocenters. The number of alkyl halides is 3. The Labute approximate surface area is 203 Å². The molecule has 11 nitrogen and oxygen atoms in total. The van der Waals surface area contributed by atoms with E-state index < -0.39 is 62.6 Å². The first-order valence-corrected chi connectivity index (χ1v) is 11.6. The minimum atomic E-state index is -5.22. The van der Waals surface area contributed by atoms with E-state index >= 15 is 0 Å². The smallest absolute Gasteiger partial charge is 0.419 e. The minimum absolute atomic E-state index is 0.194. The highest BCUT2D eigenvalue weighted by atomic mass is 32.2. The molecule has 0 saturated carbocycles. The van der Waals surface area contributed by atoms with Crippen molar-refractivity contribution in [1.82, 2.24) is 10.0 Å². The number of rotatable bonds is 10. The lowest BCUT2D eigenvalue weighted by molar-refractivity contribution is -0.139. The molecule has 0 bridgehead atoms. The Morgan fingerprint density at radius 2 is 1.67 bits per heavy atom. The van der Waals surface area contributed by atoms with Gasteiger partial charge in [-0.15, -0.1) is 0 Å². The molecule has 0 aliphatic heterocycles. The van der Waals surface area contributed by atoms with Gasteiger partial charge in [-0.1, -0.05) is 18.2 Å². The summed E-state index contributed by atoms with van der Waals surface area (Å²) < 4.78 is 67.8. The van der Waals surface area contributed by atoms with Gasteiger partial charge in [0.05, 0.1) is 16.1 Å². The van der Waals surface area contributed by atoms with Crippen LogP contribution in [0.2, 0.25) is 0 Å². The van der Waals surface area contributed by atoms with Crippen molar-refractivity contribution < 1.29 is 41.1 Å². The van der Waals surface area contributed by atoms with Crippen LogP contribution in [0, 0.1) is 5.41 Å². The third-order valence-corrected chi connectivity index (χ3v) is 6.25. The number of nitrogens with one attached hydrogen (secondary N) is 4. The Balaban J connectivity index is 2.15. The van der Waals surface area contributed by atoms with Crippen molar-refractivity contribution >= 4 is 39.3 Å². The molecule has 2 rings (SSSR count). The maximum Gasteiger partial charge on any atom is 0.419 e. The molecule has 194 valence electrons. The van der Waals surface area contributed by atoms with E-state index in [4.69, 9.17) is 16.2 Å². The number of anilines is 1. The number of sulfonamides is 1. The Bertz CT molecular complexity index is 1280. The first-order chi connectivity index (χ1) is 16.6. The highest BCUT2D eigenvalue weighted by Crippen LogP contribution is 2.39.